The quantitative estimate of drug-likeness (QED) is 0.668. The van der Waals surface area contributed by atoms with Gasteiger partial charge in [-0.15, -0.1) is 0 Å². The summed E-state index contributed by atoms with van der Waals surface area (Å²) in [5, 5.41) is 6.36. The maximum absolute atomic E-state index is 6.14. The molecule has 1 aliphatic rings. The van der Waals surface area contributed by atoms with Gasteiger partial charge in [-0.25, -0.2) is 0 Å². The minimum absolute atomic E-state index is 0.178. The van der Waals surface area contributed by atoms with Crippen LogP contribution in [0.25, 0.3) is 10.9 Å². The SMILES string of the molecule is Clc1ccc(C2NCCc3c2[nH]c2ccc(Cl)cc32)cc1. The zero-order chi connectivity index (χ0) is 14.4. The van der Waals surface area contributed by atoms with Crippen LogP contribution in [0.15, 0.2) is 42.5 Å². The number of aromatic amines is 1. The lowest BCUT2D eigenvalue weighted by Gasteiger charge is -2.24. The first-order chi connectivity index (χ1) is 10.2. The van der Waals surface area contributed by atoms with Crippen LogP contribution >= 0.6 is 23.2 Å². The van der Waals surface area contributed by atoms with Gasteiger partial charge in [0.15, 0.2) is 0 Å². The Morgan fingerprint density at radius 1 is 0.952 bits per heavy atom. The second kappa shape index (κ2) is 5.06. The summed E-state index contributed by atoms with van der Waals surface area (Å²) in [6.45, 7) is 0.958. The third-order valence-corrected chi connectivity index (χ3v) is 4.60. The Balaban J connectivity index is 1.88. The van der Waals surface area contributed by atoms with Crippen molar-refractivity contribution in [1.29, 1.82) is 0 Å². The fraction of sp³-hybridized carbons (Fsp3) is 0.176. The minimum Gasteiger partial charge on any atom is -0.357 e. The molecule has 1 unspecified atom stereocenters. The number of hydrogen-bond acceptors (Lipinski definition) is 1. The number of rotatable bonds is 1. The normalized spacial score (nSPS) is 17.9. The van der Waals surface area contributed by atoms with Crippen LogP contribution in [-0.2, 0) is 6.42 Å². The predicted octanol–water partition coefficient (Wildman–Crippen LogP) is 4.71. The van der Waals surface area contributed by atoms with Crippen molar-refractivity contribution >= 4 is 34.1 Å². The molecule has 4 rings (SSSR count). The molecule has 0 aliphatic carbocycles. The smallest absolute Gasteiger partial charge is 0.0732 e. The topological polar surface area (TPSA) is 27.8 Å². The molecule has 21 heavy (non-hydrogen) atoms. The Labute approximate surface area is 133 Å². The molecule has 1 aliphatic heterocycles. The molecule has 3 aromatic rings. The molecular formula is C17H14Cl2N2. The van der Waals surface area contributed by atoms with Gasteiger partial charge in [-0.1, -0.05) is 35.3 Å². The number of aromatic nitrogens is 1. The van der Waals surface area contributed by atoms with Crippen molar-refractivity contribution in [2.45, 2.75) is 12.5 Å². The summed E-state index contributed by atoms with van der Waals surface area (Å²) >= 11 is 12.1. The van der Waals surface area contributed by atoms with Crippen molar-refractivity contribution in [3.05, 3.63) is 69.3 Å². The van der Waals surface area contributed by atoms with E-state index in [2.05, 4.69) is 34.6 Å². The lowest BCUT2D eigenvalue weighted by molar-refractivity contribution is 0.560. The summed E-state index contributed by atoms with van der Waals surface area (Å²) in [6, 6.07) is 14.2. The van der Waals surface area contributed by atoms with E-state index in [1.165, 1.54) is 22.2 Å². The van der Waals surface area contributed by atoms with E-state index in [1.54, 1.807) is 0 Å². The van der Waals surface area contributed by atoms with Crippen LogP contribution in [0, 0.1) is 0 Å². The Bertz CT molecular complexity index is 806. The van der Waals surface area contributed by atoms with Crippen molar-refractivity contribution in [3.63, 3.8) is 0 Å². The van der Waals surface area contributed by atoms with Gasteiger partial charge in [-0.05, 0) is 47.9 Å². The molecule has 2 heterocycles. The van der Waals surface area contributed by atoms with E-state index >= 15 is 0 Å². The van der Waals surface area contributed by atoms with Crippen molar-refractivity contribution in [1.82, 2.24) is 10.3 Å². The van der Waals surface area contributed by atoms with E-state index < -0.39 is 0 Å². The van der Waals surface area contributed by atoms with E-state index in [9.17, 15) is 0 Å². The molecular weight excluding hydrogens is 303 g/mol. The summed E-state index contributed by atoms with van der Waals surface area (Å²) in [6.07, 6.45) is 1.01. The van der Waals surface area contributed by atoms with Crippen molar-refractivity contribution in [2.24, 2.45) is 0 Å². The fourth-order valence-electron chi connectivity index (χ4n) is 3.14. The molecule has 2 nitrogen and oxygen atoms in total. The lowest BCUT2D eigenvalue weighted by Crippen LogP contribution is -2.30. The number of H-pyrrole nitrogens is 1. The predicted molar refractivity (Wildman–Crippen MR) is 88.3 cm³/mol. The van der Waals surface area contributed by atoms with Gasteiger partial charge in [0.05, 0.1) is 6.04 Å². The molecule has 0 fully saturated rings. The maximum atomic E-state index is 6.14. The third kappa shape index (κ3) is 2.24. The molecule has 0 radical (unpaired) electrons. The summed E-state index contributed by atoms with van der Waals surface area (Å²) in [5.74, 6) is 0. The van der Waals surface area contributed by atoms with Crippen LogP contribution in [0.5, 0.6) is 0 Å². The molecule has 1 aromatic heterocycles. The van der Waals surface area contributed by atoms with Crippen LogP contribution in [0.2, 0.25) is 10.0 Å². The first-order valence-corrected chi connectivity index (χ1v) is 7.77. The van der Waals surface area contributed by atoms with Crippen molar-refractivity contribution in [3.8, 4) is 0 Å². The molecule has 106 valence electrons. The summed E-state index contributed by atoms with van der Waals surface area (Å²) in [7, 11) is 0. The highest BCUT2D eigenvalue weighted by atomic mass is 35.5. The van der Waals surface area contributed by atoms with E-state index in [1.807, 2.05) is 18.2 Å². The molecule has 1 atom stereocenters. The first-order valence-electron chi connectivity index (χ1n) is 7.01. The van der Waals surface area contributed by atoms with Crippen LogP contribution in [0.3, 0.4) is 0 Å². The van der Waals surface area contributed by atoms with Gasteiger partial charge >= 0.3 is 0 Å². The van der Waals surface area contributed by atoms with Gasteiger partial charge in [-0.3, -0.25) is 0 Å². The van der Waals surface area contributed by atoms with Crippen LogP contribution in [0.1, 0.15) is 22.9 Å². The van der Waals surface area contributed by atoms with Gasteiger partial charge in [0.2, 0.25) is 0 Å². The average Bonchev–Trinajstić information content (AvgIpc) is 2.86. The number of benzene rings is 2. The van der Waals surface area contributed by atoms with Gasteiger partial charge in [0, 0.05) is 33.2 Å². The molecule has 0 amide bonds. The van der Waals surface area contributed by atoms with Crippen LogP contribution < -0.4 is 5.32 Å². The highest BCUT2D eigenvalue weighted by molar-refractivity contribution is 6.31. The molecule has 0 bridgehead atoms. The summed E-state index contributed by atoms with van der Waals surface area (Å²) < 4.78 is 0. The number of nitrogens with one attached hydrogen (secondary N) is 2. The van der Waals surface area contributed by atoms with E-state index in [0.717, 1.165) is 28.5 Å². The molecule has 0 spiro atoms. The zero-order valence-electron chi connectivity index (χ0n) is 11.3. The molecule has 4 heteroatoms. The second-order valence-corrected chi connectivity index (χ2v) is 6.27. The third-order valence-electron chi connectivity index (χ3n) is 4.12. The molecule has 2 N–H and O–H groups in total. The largest absolute Gasteiger partial charge is 0.357 e. The first kappa shape index (κ1) is 13.2. The summed E-state index contributed by atoms with van der Waals surface area (Å²) in [5.41, 5.74) is 4.97. The standard InChI is InChI=1S/C17H14Cl2N2/c18-11-3-1-10(2-4-11)16-17-13(7-8-20-16)14-9-12(19)5-6-15(14)21-17/h1-6,9,16,20-21H,7-8H2. The van der Waals surface area contributed by atoms with Crippen molar-refractivity contribution in [2.75, 3.05) is 6.54 Å². The Kier molecular flexibility index (Phi) is 3.18. The minimum atomic E-state index is 0.178. The summed E-state index contributed by atoms with van der Waals surface area (Å²) in [4.78, 5) is 3.55. The number of hydrogen-bond donors (Lipinski definition) is 2. The molecule has 0 saturated heterocycles. The Morgan fingerprint density at radius 2 is 1.71 bits per heavy atom. The van der Waals surface area contributed by atoms with Gasteiger partial charge in [-0.2, -0.15) is 0 Å². The van der Waals surface area contributed by atoms with Crippen molar-refractivity contribution < 1.29 is 0 Å². The Hall–Kier alpha value is -1.48. The number of fused-ring (bicyclic) bond motifs is 3. The van der Waals surface area contributed by atoms with Crippen LogP contribution in [0.4, 0.5) is 0 Å². The van der Waals surface area contributed by atoms with E-state index in [4.69, 9.17) is 23.2 Å². The monoisotopic (exact) mass is 316 g/mol. The average molecular weight is 317 g/mol. The highest BCUT2D eigenvalue weighted by Crippen LogP contribution is 2.34. The molecule has 0 saturated carbocycles. The fourth-order valence-corrected chi connectivity index (χ4v) is 3.44. The zero-order valence-corrected chi connectivity index (χ0v) is 12.8. The van der Waals surface area contributed by atoms with E-state index in [0.29, 0.717) is 0 Å². The van der Waals surface area contributed by atoms with E-state index in [-0.39, 0.29) is 6.04 Å². The Morgan fingerprint density at radius 3 is 2.52 bits per heavy atom. The maximum Gasteiger partial charge on any atom is 0.0732 e. The van der Waals surface area contributed by atoms with Crippen LogP contribution in [-0.4, -0.2) is 11.5 Å². The molecule has 2 aromatic carbocycles. The number of halogens is 2. The van der Waals surface area contributed by atoms with Gasteiger partial charge in [0.1, 0.15) is 0 Å². The van der Waals surface area contributed by atoms with Gasteiger partial charge in [0.25, 0.3) is 0 Å². The van der Waals surface area contributed by atoms with Gasteiger partial charge < -0.3 is 10.3 Å². The highest BCUT2D eigenvalue weighted by Gasteiger charge is 2.25. The lowest BCUT2D eigenvalue weighted by atomic mass is 9.94. The second-order valence-electron chi connectivity index (χ2n) is 5.40.